The second-order valence-electron chi connectivity index (χ2n) is 7.74. The molecule has 2 aromatic carbocycles. The predicted molar refractivity (Wildman–Crippen MR) is 120 cm³/mol. The zero-order chi connectivity index (χ0) is 21.3. The summed E-state index contributed by atoms with van der Waals surface area (Å²) in [6.45, 7) is 6.69. The van der Waals surface area contributed by atoms with Crippen molar-refractivity contribution in [1.29, 1.82) is 0 Å². The first-order valence-corrected chi connectivity index (χ1v) is 14.7. The molecule has 6 heteroatoms. The van der Waals surface area contributed by atoms with Crippen molar-refractivity contribution >= 4 is 29.1 Å². The highest BCUT2D eigenvalue weighted by atomic mass is 32.2. The van der Waals surface area contributed by atoms with E-state index in [9.17, 15) is 13.2 Å². The molecule has 0 N–H and O–H groups in total. The maximum Gasteiger partial charge on any atom is 0.305 e. The number of rotatable bonds is 10. The second-order valence-corrected chi connectivity index (χ2v) is 14.3. The average molecular weight is 431 g/mol. The molecule has 156 valence electrons. The lowest BCUT2D eigenvalue weighted by molar-refractivity contribution is -0.143. The van der Waals surface area contributed by atoms with E-state index in [1.54, 1.807) is 43.3 Å². The van der Waals surface area contributed by atoms with Crippen LogP contribution in [-0.4, -0.2) is 29.1 Å². The highest BCUT2D eigenvalue weighted by Crippen LogP contribution is 2.24. The summed E-state index contributed by atoms with van der Waals surface area (Å²) in [5.74, 6) is -0.254. The van der Waals surface area contributed by atoms with Crippen LogP contribution in [-0.2, 0) is 19.4 Å². The lowest BCUT2D eigenvalue weighted by Crippen LogP contribution is -2.42. The van der Waals surface area contributed by atoms with Crippen molar-refractivity contribution < 1.29 is 17.9 Å². The van der Waals surface area contributed by atoms with Crippen molar-refractivity contribution in [2.24, 2.45) is 5.92 Å². The van der Waals surface area contributed by atoms with Crippen LogP contribution in [0.5, 0.6) is 0 Å². The van der Waals surface area contributed by atoms with E-state index in [0.29, 0.717) is 13.0 Å². The van der Waals surface area contributed by atoms with Crippen molar-refractivity contribution in [2.75, 3.05) is 6.61 Å². The fourth-order valence-corrected chi connectivity index (χ4v) is 7.47. The topological polar surface area (TPSA) is 60.4 Å². The number of carbonyl (C=O) groups excluding carboxylic acids is 1. The van der Waals surface area contributed by atoms with Crippen LogP contribution in [0.25, 0.3) is 0 Å². The van der Waals surface area contributed by atoms with E-state index < -0.39 is 17.9 Å². The van der Waals surface area contributed by atoms with Crippen molar-refractivity contribution in [3.63, 3.8) is 0 Å². The summed E-state index contributed by atoms with van der Waals surface area (Å²) in [5, 5.41) is 2.62. The molecule has 0 bridgehead atoms. The van der Waals surface area contributed by atoms with Crippen LogP contribution in [0.2, 0.25) is 19.1 Å². The Morgan fingerprint density at radius 1 is 1.03 bits per heavy atom. The van der Waals surface area contributed by atoms with Gasteiger partial charge in [0.15, 0.2) is 9.84 Å². The third kappa shape index (κ3) is 7.29. The van der Waals surface area contributed by atoms with E-state index in [2.05, 4.69) is 25.2 Å². The highest BCUT2D eigenvalue weighted by molar-refractivity contribution is 7.94. The molecular formula is C23H30O4SSi. The third-order valence-electron chi connectivity index (χ3n) is 4.95. The quantitative estimate of drug-likeness (QED) is 0.410. The number of hydrogen-bond acceptors (Lipinski definition) is 4. The Morgan fingerprint density at radius 3 is 2.21 bits per heavy atom. The van der Waals surface area contributed by atoms with Crippen LogP contribution in [0.3, 0.4) is 0 Å². The molecule has 1 atom stereocenters. The number of sulfone groups is 1. The fourth-order valence-electron chi connectivity index (χ4n) is 3.37. The Morgan fingerprint density at radius 2 is 1.62 bits per heavy atom. The standard InChI is InChI=1S/C23H30O4SSi/c1-4-27-23(24)16-15-20(19-29(2,3)22-13-9-6-10-14-22)17-18-28(25,26)21-11-7-5-8-12-21/h5-14,17-18,20H,4,15-16,19H2,1-3H3/b18-17+. The van der Waals surface area contributed by atoms with E-state index >= 15 is 0 Å². The fraction of sp³-hybridized carbons (Fsp3) is 0.348. The van der Waals surface area contributed by atoms with Crippen molar-refractivity contribution in [3.8, 4) is 0 Å². The van der Waals surface area contributed by atoms with Crippen LogP contribution in [0.15, 0.2) is 77.0 Å². The van der Waals surface area contributed by atoms with E-state index in [-0.39, 0.29) is 23.2 Å². The van der Waals surface area contributed by atoms with Crippen LogP contribution >= 0.6 is 0 Å². The SMILES string of the molecule is CCOC(=O)CCC(/C=C/S(=O)(=O)c1ccccc1)C[Si](C)(C)c1ccccc1. The maximum absolute atomic E-state index is 12.6. The Bertz CT molecular complexity index is 906. The number of hydrogen-bond donors (Lipinski definition) is 0. The van der Waals surface area contributed by atoms with Gasteiger partial charge in [-0.15, -0.1) is 0 Å². The minimum atomic E-state index is -3.51. The summed E-state index contributed by atoms with van der Waals surface area (Å²) in [4.78, 5) is 12.1. The van der Waals surface area contributed by atoms with Gasteiger partial charge in [0.05, 0.1) is 19.6 Å². The van der Waals surface area contributed by atoms with Crippen molar-refractivity contribution in [1.82, 2.24) is 0 Å². The zero-order valence-corrected chi connectivity index (χ0v) is 19.2. The molecule has 0 saturated heterocycles. The monoisotopic (exact) mass is 430 g/mol. The Hall–Kier alpha value is -2.18. The minimum Gasteiger partial charge on any atom is -0.466 e. The lowest BCUT2D eigenvalue weighted by atomic mass is 10.1. The summed E-state index contributed by atoms with van der Waals surface area (Å²) in [5.41, 5.74) is 0. The predicted octanol–water partition coefficient (Wildman–Crippen LogP) is 4.55. The molecule has 0 heterocycles. The molecule has 4 nitrogen and oxygen atoms in total. The van der Waals surface area contributed by atoms with E-state index in [1.165, 1.54) is 10.6 Å². The molecule has 0 aliphatic heterocycles. The van der Waals surface area contributed by atoms with E-state index in [1.807, 2.05) is 18.2 Å². The van der Waals surface area contributed by atoms with Gasteiger partial charge in [0.1, 0.15) is 0 Å². The average Bonchev–Trinajstić information content (AvgIpc) is 2.71. The molecule has 0 radical (unpaired) electrons. The lowest BCUT2D eigenvalue weighted by Gasteiger charge is -2.27. The highest BCUT2D eigenvalue weighted by Gasteiger charge is 2.27. The molecule has 0 aliphatic rings. The molecule has 0 aromatic heterocycles. The van der Waals surface area contributed by atoms with Gasteiger partial charge < -0.3 is 4.74 Å². The molecule has 1 unspecified atom stereocenters. The Kier molecular flexibility index (Phi) is 8.41. The molecule has 0 fully saturated rings. The zero-order valence-electron chi connectivity index (χ0n) is 17.4. The van der Waals surface area contributed by atoms with Crippen LogP contribution in [0, 0.1) is 5.92 Å². The number of carbonyl (C=O) groups is 1. The summed E-state index contributed by atoms with van der Waals surface area (Å²) >= 11 is 0. The maximum atomic E-state index is 12.6. The first-order chi connectivity index (χ1) is 13.7. The molecule has 0 aliphatic carbocycles. The summed E-state index contributed by atoms with van der Waals surface area (Å²) in [6.07, 6.45) is 2.62. The summed E-state index contributed by atoms with van der Waals surface area (Å²) in [6, 6.07) is 19.6. The number of allylic oxidation sites excluding steroid dienone is 1. The normalized spacial score (nSPS) is 13.3. The van der Waals surface area contributed by atoms with Gasteiger partial charge in [0.2, 0.25) is 0 Å². The molecule has 2 rings (SSSR count). The van der Waals surface area contributed by atoms with Crippen molar-refractivity contribution in [2.45, 2.75) is 43.8 Å². The van der Waals surface area contributed by atoms with E-state index in [0.717, 1.165) is 6.04 Å². The first-order valence-electron chi connectivity index (χ1n) is 9.94. The van der Waals surface area contributed by atoms with Gasteiger partial charge >= 0.3 is 5.97 Å². The van der Waals surface area contributed by atoms with Gasteiger partial charge in [-0.25, -0.2) is 8.42 Å². The first kappa shape index (κ1) is 23.1. The van der Waals surface area contributed by atoms with Gasteiger partial charge in [0.25, 0.3) is 0 Å². The smallest absolute Gasteiger partial charge is 0.305 e. The summed E-state index contributed by atoms with van der Waals surface area (Å²) < 4.78 is 30.3. The molecule has 2 aromatic rings. The molecular weight excluding hydrogens is 400 g/mol. The number of esters is 1. The second kappa shape index (κ2) is 10.6. The Balaban J connectivity index is 2.21. The van der Waals surface area contributed by atoms with Crippen LogP contribution < -0.4 is 5.19 Å². The third-order valence-corrected chi connectivity index (χ3v) is 9.84. The molecule has 29 heavy (non-hydrogen) atoms. The molecule has 0 saturated carbocycles. The van der Waals surface area contributed by atoms with Gasteiger partial charge in [-0.1, -0.05) is 72.9 Å². The van der Waals surface area contributed by atoms with Crippen LogP contribution in [0.4, 0.5) is 0 Å². The van der Waals surface area contributed by atoms with E-state index in [4.69, 9.17) is 4.74 Å². The van der Waals surface area contributed by atoms with Gasteiger partial charge in [0, 0.05) is 11.8 Å². The van der Waals surface area contributed by atoms with Gasteiger partial charge in [-0.3, -0.25) is 4.79 Å². The van der Waals surface area contributed by atoms with Crippen molar-refractivity contribution in [3.05, 3.63) is 72.1 Å². The van der Waals surface area contributed by atoms with Gasteiger partial charge in [-0.2, -0.15) is 0 Å². The number of benzene rings is 2. The van der Waals surface area contributed by atoms with Crippen LogP contribution in [0.1, 0.15) is 19.8 Å². The molecule has 0 amide bonds. The molecule has 0 spiro atoms. The largest absolute Gasteiger partial charge is 0.466 e. The minimum absolute atomic E-state index is 0.0141. The summed E-state index contributed by atoms with van der Waals surface area (Å²) in [7, 11) is -5.31. The Labute approximate surface area is 175 Å². The number of ether oxygens (including phenoxy) is 1. The van der Waals surface area contributed by atoms with Gasteiger partial charge in [-0.05, 0) is 37.4 Å².